The third kappa shape index (κ3) is 4.49. The Kier molecular flexibility index (Phi) is 5.63. The molecule has 0 radical (unpaired) electrons. The number of ether oxygens (including phenoxy) is 2. The highest BCUT2D eigenvalue weighted by atomic mass is 16.5. The summed E-state index contributed by atoms with van der Waals surface area (Å²) in [5, 5.41) is 8.70. The average Bonchev–Trinajstić information content (AvgIpc) is 2.52. The molecule has 0 aliphatic heterocycles. The fraction of sp³-hybridized carbons (Fsp3) is 0.316. The molecule has 0 amide bonds. The molecule has 2 aromatic carbocycles. The Morgan fingerprint density at radius 2 is 1.74 bits per heavy atom. The zero-order valence-electron chi connectivity index (χ0n) is 13.8. The number of carboxylic acid groups (broad SMARTS) is 1. The first-order valence-corrected chi connectivity index (χ1v) is 7.70. The Labute approximate surface area is 136 Å². The SMILES string of the molecule is CCCOc1c(C)cc(-c2cccc(OCC(=O)O)c2)cc1C. The number of hydrogen-bond donors (Lipinski definition) is 1. The summed E-state index contributed by atoms with van der Waals surface area (Å²) >= 11 is 0. The smallest absolute Gasteiger partial charge is 0.341 e. The van der Waals surface area contributed by atoms with Crippen molar-refractivity contribution in [3.63, 3.8) is 0 Å². The fourth-order valence-electron chi connectivity index (χ4n) is 2.46. The maximum absolute atomic E-state index is 10.6. The van der Waals surface area contributed by atoms with Crippen molar-refractivity contribution >= 4 is 5.97 Å². The second kappa shape index (κ2) is 7.68. The van der Waals surface area contributed by atoms with Crippen LogP contribution in [0, 0.1) is 13.8 Å². The minimum Gasteiger partial charge on any atom is -0.493 e. The van der Waals surface area contributed by atoms with Crippen molar-refractivity contribution in [2.24, 2.45) is 0 Å². The third-order valence-corrected chi connectivity index (χ3v) is 3.44. The highest BCUT2D eigenvalue weighted by Crippen LogP contribution is 2.31. The quantitative estimate of drug-likeness (QED) is 0.831. The number of rotatable bonds is 7. The molecular formula is C19H22O4. The molecule has 0 saturated carbocycles. The van der Waals surface area contributed by atoms with Crippen LogP contribution in [0.25, 0.3) is 11.1 Å². The molecule has 2 aromatic rings. The topological polar surface area (TPSA) is 55.8 Å². The summed E-state index contributed by atoms with van der Waals surface area (Å²) in [6.45, 7) is 6.52. The predicted molar refractivity (Wildman–Crippen MR) is 90.3 cm³/mol. The van der Waals surface area contributed by atoms with E-state index in [1.165, 1.54) is 0 Å². The molecule has 0 spiro atoms. The maximum atomic E-state index is 10.6. The van der Waals surface area contributed by atoms with E-state index in [0.29, 0.717) is 12.4 Å². The lowest BCUT2D eigenvalue weighted by Gasteiger charge is -2.14. The van der Waals surface area contributed by atoms with E-state index in [1.54, 1.807) is 6.07 Å². The number of hydrogen-bond acceptors (Lipinski definition) is 3. The molecule has 1 N–H and O–H groups in total. The van der Waals surface area contributed by atoms with Crippen LogP contribution in [0.5, 0.6) is 11.5 Å². The van der Waals surface area contributed by atoms with Gasteiger partial charge in [-0.15, -0.1) is 0 Å². The lowest BCUT2D eigenvalue weighted by molar-refractivity contribution is -0.139. The zero-order chi connectivity index (χ0) is 16.8. The van der Waals surface area contributed by atoms with Crippen LogP contribution in [-0.4, -0.2) is 24.3 Å². The van der Waals surface area contributed by atoms with E-state index in [0.717, 1.165) is 34.4 Å². The van der Waals surface area contributed by atoms with Crippen LogP contribution in [0.2, 0.25) is 0 Å². The lowest BCUT2D eigenvalue weighted by atomic mass is 9.99. The number of carboxylic acids is 1. The minimum atomic E-state index is -0.987. The molecule has 0 atom stereocenters. The molecule has 0 fully saturated rings. The standard InChI is InChI=1S/C19H22O4/c1-4-8-22-19-13(2)9-16(10-14(19)3)15-6-5-7-17(11-15)23-12-18(20)21/h5-7,9-11H,4,8,12H2,1-3H3,(H,20,21). The summed E-state index contributed by atoms with van der Waals surface area (Å²) < 4.78 is 11.0. The monoisotopic (exact) mass is 314 g/mol. The first-order valence-electron chi connectivity index (χ1n) is 7.70. The summed E-state index contributed by atoms with van der Waals surface area (Å²) in [6, 6.07) is 11.6. The van der Waals surface area contributed by atoms with E-state index in [1.807, 2.05) is 32.0 Å². The predicted octanol–water partition coefficient (Wildman–Crippen LogP) is 4.22. The van der Waals surface area contributed by atoms with E-state index >= 15 is 0 Å². The summed E-state index contributed by atoms with van der Waals surface area (Å²) in [4.78, 5) is 10.6. The van der Waals surface area contributed by atoms with Crippen molar-refractivity contribution in [2.75, 3.05) is 13.2 Å². The number of aryl methyl sites for hydroxylation is 2. The van der Waals surface area contributed by atoms with Gasteiger partial charge >= 0.3 is 5.97 Å². The molecule has 0 saturated heterocycles. The highest BCUT2D eigenvalue weighted by Gasteiger charge is 2.09. The van der Waals surface area contributed by atoms with E-state index in [-0.39, 0.29) is 6.61 Å². The Hall–Kier alpha value is -2.49. The fourth-order valence-corrected chi connectivity index (χ4v) is 2.46. The third-order valence-electron chi connectivity index (χ3n) is 3.44. The van der Waals surface area contributed by atoms with E-state index < -0.39 is 5.97 Å². The number of benzene rings is 2. The molecule has 0 bridgehead atoms. The summed E-state index contributed by atoms with van der Waals surface area (Å²) in [7, 11) is 0. The molecule has 0 heterocycles. The van der Waals surface area contributed by atoms with Gasteiger partial charge in [-0.3, -0.25) is 0 Å². The molecule has 0 aliphatic rings. The van der Waals surface area contributed by atoms with Crippen molar-refractivity contribution < 1.29 is 19.4 Å². The molecule has 4 nitrogen and oxygen atoms in total. The van der Waals surface area contributed by atoms with Crippen molar-refractivity contribution in [2.45, 2.75) is 27.2 Å². The molecule has 0 unspecified atom stereocenters. The molecule has 122 valence electrons. The Morgan fingerprint density at radius 1 is 1.04 bits per heavy atom. The molecular weight excluding hydrogens is 292 g/mol. The van der Waals surface area contributed by atoms with Gasteiger partial charge in [-0.25, -0.2) is 4.79 Å². The summed E-state index contributed by atoms with van der Waals surface area (Å²) in [6.07, 6.45) is 0.976. The molecule has 23 heavy (non-hydrogen) atoms. The van der Waals surface area contributed by atoms with Gasteiger partial charge in [0.1, 0.15) is 11.5 Å². The Bertz CT molecular complexity index is 669. The first-order chi connectivity index (χ1) is 11.0. The molecule has 4 heteroatoms. The van der Waals surface area contributed by atoms with Gasteiger partial charge in [-0.05, 0) is 66.8 Å². The molecule has 2 rings (SSSR count). The zero-order valence-corrected chi connectivity index (χ0v) is 13.8. The van der Waals surface area contributed by atoms with Gasteiger partial charge in [0.05, 0.1) is 6.61 Å². The number of carbonyl (C=O) groups is 1. The van der Waals surface area contributed by atoms with Gasteiger partial charge < -0.3 is 14.6 Å². The average molecular weight is 314 g/mol. The van der Waals surface area contributed by atoms with E-state index in [9.17, 15) is 4.79 Å². The van der Waals surface area contributed by atoms with Crippen LogP contribution in [0.15, 0.2) is 36.4 Å². The molecule has 0 aliphatic carbocycles. The van der Waals surface area contributed by atoms with Crippen LogP contribution < -0.4 is 9.47 Å². The summed E-state index contributed by atoms with van der Waals surface area (Å²) in [5.74, 6) is 0.500. The lowest BCUT2D eigenvalue weighted by Crippen LogP contribution is -2.09. The van der Waals surface area contributed by atoms with Crippen LogP contribution in [0.1, 0.15) is 24.5 Å². The van der Waals surface area contributed by atoms with Crippen LogP contribution in [0.4, 0.5) is 0 Å². The first kappa shape index (κ1) is 16.9. The second-order valence-electron chi connectivity index (χ2n) is 5.50. The highest BCUT2D eigenvalue weighted by molar-refractivity contribution is 5.70. The Balaban J connectivity index is 2.28. The van der Waals surface area contributed by atoms with Gasteiger partial charge in [-0.1, -0.05) is 19.1 Å². The van der Waals surface area contributed by atoms with Crippen molar-refractivity contribution in [1.29, 1.82) is 0 Å². The van der Waals surface area contributed by atoms with E-state index in [2.05, 4.69) is 19.1 Å². The van der Waals surface area contributed by atoms with Gasteiger partial charge in [0.2, 0.25) is 0 Å². The van der Waals surface area contributed by atoms with Gasteiger partial charge in [0, 0.05) is 0 Å². The largest absolute Gasteiger partial charge is 0.493 e. The van der Waals surface area contributed by atoms with Gasteiger partial charge in [0.25, 0.3) is 0 Å². The second-order valence-corrected chi connectivity index (χ2v) is 5.50. The summed E-state index contributed by atoms with van der Waals surface area (Å²) in [5.41, 5.74) is 4.22. The van der Waals surface area contributed by atoms with Crippen LogP contribution >= 0.6 is 0 Å². The minimum absolute atomic E-state index is 0.342. The van der Waals surface area contributed by atoms with Crippen molar-refractivity contribution in [1.82, 2.24) is 0 Å². The number of aliphatic carboxylic acids is 1. The van der Waals surface area contributed by atoms with Crippen LogP contribution in [0.3, 0.4) is 0 Å². The molecule has 0 aromatic heterocycles. The van der Waals surface area contributed by atoms with Gasteiger partial charge in [0.15, 0.2) is 6.61 Å². The normalized spacial score (nSPS) is 10.4. The van der Waals surface area contributed by atoms with Gasteiger partial charge in [-0.2, -0.15) is 0 Å². The maximum Gasteiger partial charge on any atom is 0.341 e. The van der Waals surface area contributed by atoms with E-state index in [4.69, 9.17) is 14.6 Å². The van der Waals surface area contributed by atoms with Crippen LogP contribution in [-0.2, 0) is 4.79 Å². The van der Waals surface area contributed by atoms with Crippen molar-refractivity contribution in [3.05, 3.63) is 47.5 Å². The van der Waals surface area contributed by atoms with Crippen molar-refractivity contribution in [3.8, 4) is 22.6 Å². The Morgan fingerprint density at radius 3 is 2.35 bits per heavy atom.